The maximum Gasteiger partial charge on any atom is 0.146 e. The SMILES string of the molecule is Cc1ccc(C)c(Nc2cc(C#N)nc(C)n2)c1. The van der Waals surface area contributed by atoms with Crippen LogP contribution in [-0.2, 0) is 0 Å². The molecule has 90 valence electrons. The number of nitriles is 1. The van der Waals surface area contributed by atoms with Crippen molar-refractivity contribution in [3.05, 3.63) is 46.9 Å². The zero-order chi connectivity index (χ0) is 13.1. The standard InChI is InChI=1S/C14H14N4/c1-9-4-5-10(2)13(6-9)18-14-7-12(8-15)16-11(3)17-14/h4-7H,1-3H3,(H,16,17,18). The highest BCUT2D eigenvalue weighted by molar-refractivity contribution is 5.61. The monoisotopic (exact) mass is 238 g/mol. The van der Waals surface area contributed by atoms with Crippen LogP contribution in [0.3, 0.4) is 0 Å². The molecule has 0 aliphatic heterocycles. The summed E-state index contributed by atoms with van der Waals surface area (Å²) in [6.07, 6.45) is 0. The van der Waals surface area contributed by atoms with Crippen molar-refractivity contribution in [2.45, 2.75) is 20.8 Å². The zero-order valence-electron chi connectivity index (χ0n) is 10.7. The molecule has 18 heavy (non-hydrogen) atoms. The number of rotatable bonds is 2. The van der Waals surface area contributed by atoms with Crippen molar-refractivity contribution < 1.29 is 0 Å². The first-order valence-electron chi connectivity index (χ1n) is 5.68. The van der Waals surface area contributed by atoms with Crippen LogP contribution >= 0.6 is 0 Å². The number of anilines is 2. The van der Waals surface area contributed by atoms with Crippen molar-refractivity contribution in [2.75, 3.05) is 5.32 Å². The second-order valence-electron chi connectivity index (χ2n) is 4.24. The Hall–Kier alpha value is -2.41. The van der Waals surface area contributed by atoms with Gasteiger partial charge in [-0.15, -0.1) is 0 Å². The second-order valence-corrected chi connectivity index (χ2v) is 4.24. The van der Waals surface area contributed by atoms with E-state index < -0.39 is 0 Å². The highest BCUT2D eigenvalue weighted by Gasteiger charge is 2.04. The topological polar surface area (TPSA) is 61.6 Å². The molecule has 0 unspecified atom stereocenters. The van der Waals surface area contributed by atoms with Crippen molar-refractivity contribution in [3.63, 3.8) is 0 Å². The van der Waals surface area contributed by atoms with Gasteiger partial charge in [0.2, 0.25) is 0 Å². The van der Waals surface area contributed by atoms with E-state index in [0.29, 0.717) is 17.3 Å². The molecule has 0 atom stereocenters. The molecule has 4 nitrogen and oxygen atoms in total. The highest BCUT2D eigenvalue weighted by Crippen LogP contribution is 2.20. The van der Waals surface area contributed by atoms with Crippen LogP contribution in [-0.4, -0.2) is 9.97 Å². The molecule has 1 N–H and O–H groups in total. The van der Waals surface area contributed by atoms with Crippen molar-refractivity contribution >= 4 is 11.5 Å². The van der Waals surface area contributed by atoms with E-state index in [4.69, 9.17) is 5.26 Å². The van der Waals surface area contributed by atoms with E-state index >= 15 is 0 Å². The van der Waals surface area contributed by atoms with Crippen molar-refractivity contribution in [3.8, 4) is 6.07 Å². The minimum atomic E-state index is 0.371. The number of benzene rings is 1. The molecule has 1 aromatic carbocycles. The molecule has 0 spiro atoms. The number of hydrogen-bond donors (Lipinski definition) is 1. The Kier molecular flexibility index (Phi) is 3.24. The lowest BCUT2D eigenvalue weighted by molar-refractivity contribution is 1.04. The summed E-state index contributed by atoms with van der Waals surface area (Å²) in [7, 11) is 0. The fourth-order valence-corrected chi connectivity index (χ4v) is 1.70. The average Bonchev–Trinajstić information content (AvgIpc) is 2.33. The van der Waals surface area contributed by atoms with Crippen LogP contribution in [0.2, 0.25) is 0 Å². The van der Waals surface area contributed by atoms with Gasteiger partial charge in [0.25, 0.3) is 0 Å². The third-order valence-electron chi connectivity index (χ3n) is 2.61. The average molecular weight is 238 g/mol. The van der Waals surface area contributed by atoms with Crippen molar-refractivity contribution in [1.82, 2.24) is 9.97 Å². The Balaban J connectivity index is 2.37. The van der Waals surface area contributed by atoms with E-state index in [1.807, 2.05) is 19.9 Å². The van der Waals surface area contributed by atoms with E-state index in [0.717, 1.165) is 11.3 Å². The van der Waals surface area contributed by atoms with Gasteiger partial charge in [0.1, 0.15) is 23.4 Å². The van der Waals surface area contributed by atoms with Crippen LogP contribution in [0.15, 0.2) is 24.3 Å². The predicted molar refractivity (Wildman–Crippen MR) is 70.7 cm³/mol. The lowest BCUT2D eigenvalue weighted by Crippen LogP contribution is -2.00. The normalized spacial score (nSPS) is 9.89. The molecule has 0 fully saturated rings. The smallest absolute Gasteiger partial charge is 0.146 e. The van der Waals surface area contributed by atoms with Gasteiger partial charge in [-0.1, -0.05) is 12.1 Å². The number of hydrogen-bond acceptors (Lipinski definition) is 4. The molecule has 2 aromatic rings. The quantitative estimate of drug-likeness (QED) is 0.873. The lowest BCUT2D eigenvalue weighted by atomic mass is 10.1. The molecule has 0 saturated carbocycles. The molecule has 0 saturated heterocycles. The summed E-state index contributed by atoms with van der Waals surface area (Å²) in [6, 6.07) is 9.85. The van der Waals surface area contributed by atoms with Crippen LogP contribution in [0.1, 0.15) is 22.6 Å². The number of aromatic nitrogens is 2. The summed E-state index contributed by atoms with van der Waals surface area (Å²) < 4.78 is 0. The molecule has 0 aliphatic carbocycles. The first-order valence-corrected chi connectivity index (χ1v) is 5.68. The van der Waals surface area contributed by atoms with Gasteiger partial charge in [-0.25, -0.2) is 9.97 Å². The summed E-state index contributed by atoms with van der Waals surface area (Å²) in [5, 5.41) is 12.1. The van der Waals surface area contributed by atoms with Crippen LogP contribution in [0.5, 0.6) is 0 Å². The van der Waals surface area contributed by atoms with Gasteiger partial charge in [-0.2, -0.15) is 5.26 Å². The molecule has 0 radical (unpaired) electrons. The molecule has 4 heteroatoms. The highest BCUT2D eigenvalue weighted by atomic mass is 15.0. The van der Waals surface area contributed by atoms with Gasteiger partial charge >= 0.3 is 0 Å². The van der Waals surface area contributed by atoms with Crippen LogP contribution in [0, 0.1) is 32.1 Å². The first-order chi connectivity index (χ1) is 8.58. The van der Waals surface area contributed by atoms with Gasteiger partial charge in [0.05, 0.1) is 0 Å². The minimum absolute atomic E-state index is 0.371. The predicted octanol–water partition coefficient (Wildman–Crippen LogP) is 3.02. The molecule has 0 amide bonds. The maximum absolute atomic E-state index is 8.88. The Morgan fingerprint density at radius 2 is 1.89 bits per heavy atom. The molecule has 1 heterocycles. The third-order valence-corrected chi connectivity index (χ3v) is 2.61. The second kappa shape index (κ2) is 4.84. The van der Waals surface area contributed by atoms with Crippen LogP contribution in [0.4, 0.5) is 11.5 Å². The van der Waals surface area contributed by atoms with Crippen LogP contribution < -0.4 is 5.32 Å². The van der Waals surface area contributed by atoms with E-state index in [-0.39, 0.29) is 0 Å². The van der Waals surface area contributed by atoms with Crippen molar-refractivity contribution in [1.29, 1.82) is 5.26 Å². The molecule has 0 bridgehead atoms. The largest absolute Gasteiger partial charge is 0.340 e. The van der Waals surface area contributed by atoms with E-state index in [1.165, 1.54) is 5.56 Å². The lowest BCUT2D eigenvalue weighted by Gasteiger charge is -2.10. The Morgan fingerprint density at radius 1 is 1.11 bits per heavy atom. The van der Waals surface area contributed by atoms with Crippen LogP contribution in [0.25, 0.3) is 0 Å². The Labute approximate surface area is 106 Å². The molecular weight excluding hydrogens is 224 g/mol. The summed E-state index contributed by atoms with van der Waals surface area (Å²) in [5.41, 5.74) is 3.68. The fourth-order valence-electron chi connectivity index (χ4n) is 1.70. The number of aryl methyl sites for hydroxylation is 3. The summed E-state index contributed by atoms with van der Waals surface area (Å²) in [5.74, 6) is 1.23. The molecule has 1 aromatic heterocycles. The molecular formula is C14H14N4. The van der Waals surface area contributed by atoms with Gasteiger partial charge in [-0.3, -0.25) is 0 Å². The molecule has 0 aliphatic rings. The van der Waals surface area contributed by atoms with Gasteiger partial charge in [0.15, 0.2) is 0 Å². The summed E-state index contributed by atoms with van der Waals surface area (Å²) >= 11 is 0. The third kappa shape index (κ3) is 2.64. The van der Waals surface area contributed by atoms with E-state index in [1.54, 1.807) is 13.0 Å². The minimum Gasteiger partial charge on any atom is -0.340 e. The van der Waals surface area contributed by atoms with Gasteiger partial charge in [-0.05, 0) is 38.0 Å². The van der Waals surface area contributed by atoms with Gasteiger partial charge in [0, 0.05) is 11.8 Å². The van der Waals surface area contributed by atoms with Crippen molar-refractivity contribution in [2.24, 2.45) is 0 Å². The maximum atomic E-state index is 8.88. The van der Waals surface area contributed by atoms with E-state index in [2.05, 4.69) is 33.5 Å². The van der Waals surface area contributed by atoms with Gasteiger partial charge < -0.3 is 5.32 Å². The Bertz CT molecular complexity index is 626. The number of nitrogens with zero attached hydrogens (tertiary/aromatic N) is 3. The zero-order valence-corrected chi connectivity index (χ0v) is 10.7. The molecule has 2 rings (SSSR count). The Morgan fingerprint density at radius 3 is 2.61 bits per heavy atom. The summed E-state index contributed by atoms with van der Waals surface area (Å²) in [4.78, 5) is 8.30. The fraction of sp³-hybridized carbons (Fsp3) is 0.214. The first kappa shape index (κ1) is 12.1. The van der Waals surface area contributed by atoms with E-state index in [9.17, 15) is 0 Å². The summed E-state index contributed by atoms with van der Waals surface area (Å²) in [6.45, 7) is 5.84. The number of nitrogens with one attached hydrogen (secondary N) is 1.